The van der Waals surface area contributed by atoms with Crippen LogP contribution >= 0.6 is 0 Å². The van der Waals surface area contributed by atoms with E-state index in [4.69, 9.17) is 9.47 Å². The highest BCUT2D eigenvalue weighted by Gasteiger charge is 2.73. The first-order valence-corrected chi connectivity index (χ1v) is 9.49. The van der Waals surface area contributed by atoms with Crippen LogP contribution in [0.3, 0.4) is 0 Å². The number of aliphatic hydroxyl groups excluding tert-OH is 2. The lowest BCUT2D eigenvalue weighted by Crippen LogP contribution is -2.70. The van der Waals surface area contributed by atoms with Crippen LogP contribution in [0.2, 0.25) is 0 Å². The highest BCUT2D eigenvalue weighted by Crippen LogP contribution is 2.63. The number of rotatable bonds is 0. The summed E-state index contributed by atoms with van der Waals surface area (Å²) in [7, 11) is 0. The largest absolute Gasteiger partial charge is 0.390 e. The monoisotopic (exact) mass is 366 g/mol. The number of ether oxygens (including phenoxy) is 2. The van der Waals surface area contributed by atoms with E-state index in [1.54, 1.807) is 0 Å². The van der Waals surface area contributed by atoms with Gasteiger partial charge in [0.15, 0.2) is 5.79 Å². The van der Waals surface area contributed by atoms with Crippen molar-refractivity contribution in [1.29, 1.82) is 0 Å². The van der Waals surface area contributed by atoms with Gasteiger partial charge in [-0.05, 0) is 37.8 Å². The van der Waals surface area contributed by atoms with Crippen molar-refractivity contribution < 1.29 is 29.9 Å². The first kappa shape index (κ1) is 18.6. The minimum Gasteiger partial charge on any atom is -0.390 e. The normalized spacial score (nSPS) is 56.2. The Kier molecular flexibility index (Phi) is 3.86. The van der Waals surface area contributed by atoms with Gasteiger partial charge in [0.05, 0.1) is 18.3 Å². The van der Waals surface area contributed by atoms with E-state index in [1.165, 1.54) is 0 Å². The van der Waals surface area contributed by atoms with Gasteiger partial charge in [-0.25, -0.2) is 0 Å². The molecule has 4 bridgehead atoms. The van der Waals surface area contributed by atoms with Gasteiger partial charge in [-0.3, -0.25) is 0 Å². The first-order valence-electron chi connectivity index (χ1n) is 9.49. The molecule has 3 aliphatic heterocycles. The molecule has 4 fully saturated rings. The summed E-state index contributed by atoms with van der Waals surface area (Å²) in [5.41, 5.74) is 1.46. The summed E-state index contributed by atoms with van der Waals surface area (Å²) in [5, 5.41) is 44.4. The van der Waals surface area contributed by atoms with Crippen LogP contribution in [-0.4, -0.2) is 56.4 Å². The lowest BCUT2D eigenvalue weighted by atomic mass is 9.54. The third-order valence-corrected chi connectivity index (χ3v) is 7.50. The average molecular weight is 366 g/mol. The van der Waals surface area contributed by atoms with E-state index >= 15 is 0 Å². The second kappa shape index (κ2) is 5.40. The maximum atomic E-state index is 11.9. The molecular weight excluding hydrogens is 336 g/mol. The number of allylic oxidation sites excluding steroid dienone is 1. The van der Waals surface area contributed by atoms with E-state index in [0.717, 1.165) is 11.1 Å². The molecule has 146 valence electrons. The summed E-state index contributed by atoms with van der Waals surface area (Å²) in [4.78, 5) is 0. The second-order valence-corrected chi connectivity index (χ2v) is 9.09. The molecule has 3 heterocycles. The lowest BCUT2D eigenvalue weighted by molar-refractivity contribution is -0.373. The Morgan fingerprint density at radius 1 is 1.19 bits per heavy atom. The molecule has 0 aromatic heterocycles. The molecule has 0 unspecified atom stereocenters. The van der Waals surface area contributed by atoms with Crippen LogP contribution in [0.5, 0.6) is 0 Å². The molecule has 9 atom stereocenters. The van der Waals surface area contributed by atoms with Crippen molar-refractivity contribution in [1.82, 2.24) is 0 Å². The van der Waals surface area contributed by atoms with Gasteiger partial charge >= 0.3 is 0 Å². The maximum absolute atomic E-state index is 11.9. The average Bonchev–Trinajstić information content (AvgIpc) is 2.74. The Bertz CT molecular complexity index is 684. The standard InChI is InChI=1S/C20H30O6/c1-9(2)14-11(4)19(23)8-13-16(22)15-10(3)12(21)6-7-18(15,5)20(24,25-13)17(14)26-19/h11-13,15-17,21-24H,3,6-8H2,1-2,4-5H3/t11-,12-,13+,15-,16+,17+,18+,19+,20-/m0/s1. The van der Waals surface area contributed by atoms with Crippen LogP contribution in [0.15, 0.2) is 23.3 Å². The number of fused-ring (bicyclic) bond motifs is 7. The van der Waals surface area contributed by atoms with Crippen molar-refractivity contribution in [2.75, 3.05) is 0 Å². The topological polar surface area (TPSA) is 99.4 Å². The van der Waals surface area contributed by atoms with Gasteiger partial charge in [-0.15, -0.1) is 0 Å². The van der Waals surface area contributed by atoms with Gasteiger partial charge in [0, 0.05) is 23.7 Å². The predicted molar refractivity (Wildman–Crippen MR) is 93.8 cm³/mol. The third-order valence-electron chi connectivity index (χ3n) is 7.50. The summed E-state index contributed by atoms with van der Waals surface area (Å²) in [6.07, 6.45) is -2.35. The van der Waals surface area contributed by atoms with Crippen molar-refractivity contribution in [2.45, 2.75) is 82.9 Å². The van der Waals surface area contributed by atoms with Gasteiger partial charge in [0.1, 0.15) is 6.10 Å². The molecule has 4 N–H and O–H groups in total. The molecule has 0 aromatic carbocycles. The van der Waals surface area contributed by atoms with E-state index in [2.05, 4.69) is 6.58 Å². The Hall–Kier alpha value is -0.760. The third kappa shape index (κ3) is 2.03. The maximum Gasteiger partial charge on any atom is 0.202 e. The fourth-order valence-corrected chi connectivity index (χ4v) is 5.90. The molecule has 3 saturated heterocycles. The van der Waals surface area contributed by atoms with Crippen molar-refractivity contribution in [3.8, 4) is 0 Å². The SMILES string of the molecule is C=C1[C@@H](O)CC[C@]2(C)[C@@H]1[C@H](O)[C@H]1C[C@@]3(O)O[C@H](C(=C(C)C)[C@@H]3C)[C@]2(O)O1. The lowest BCUT2D eigenvalue weighted by Gasteiger charge is -2.60. The molecule has 26 heavy (non-hydrogen) atoms. The molecule has 6 nitrogen and oxygen atoms in total. The summed E-state index contributed by atoms with van der Waals surface area (Å²) in [5.74, 6) is -4.06. The number of aliphatic hydroxyl groups is 4. The van der Waals surface area contributed by atoms with Crippen LogP contribution in [0.4, 0.5) is 0 Å². The minimum absolute atomic E-state index is 0.0564. The van der Waals surface area contributed by atoms with Gasteiger partial charge in [0.2, 0.25) is 5.79 Å². The highest BCUT2D eigenvalue weighted by molar-refractivity contribution is 5.34. The van der Waals surface area contributed by atoms with Crippen LogP contribution in [-0.2, 0) is 9.47 Å². The van der Waals surface area contributed by atoms with Crippen molar-refractivity contribution in [2.24, 2.45) is 17.3 Å². The molecule has 0 aromatic rings. The van der Waals surface area contributed by atoms with E-state index in [-0.39, 0.29) is 12.3 Å². The molecule has 1 aliphatic carbocycles. The van der Waals surface area contributed by atoms with Crippen LogP contribution in [0.1, 0.15) is 47.0 Å². The van der Waals surface area contributed by atoms with Crippen molar-refractivity contribution in [3.05, 3.63) is 23.3 Å². The first-order chi connectivity index (χ1) is 12.0. The fourth-order valence-electron chi connectivity index (χ4n) is 5.90. The summed E-state index contributed by atoms with van der Waals surface area (Å²) < 4.78 is 12.2. The van der Waals surface area contributed by atoms with Crippen molar-refractivity contribution >= 4 is 0 Å². The van der Waals surface area contributed by atoms with E-state index in [1.807, 2.05) is 27.7 Å². The van der Waals surface area contributed by atoms with Gasteiger partial charge in [0.25, 0.3) is 0 Å². The Morgan fingerprint density at radius 3 is 2.46 bits per heavy atom. The number of hydrogen-bond donors (Lipinski definition) is 4. The molecular formula is C20H30O6. The molecule has 6 heteroatoms. The van der Waals surface area contributed by atoms with Crippen LogP contribution in [0, 0.1) is 17.3 Å². The predicted octanol–water partition coefficient (Wildman–Crippen LogP) is 1.23. The fraction of sp³-hybridized carbons (Fsp3) is 0.800. The summed E-state index contributed by atoms with van der Waals surface area (Å²) >= 11 is 0. The molecule has 0 amide bonds. The highest BCUT2D eigenvalue weighted by atomic mass is 16.7. The van der Waals surface area contributed by atoms with Crippen LogP contribution in [0.25, 0.3) is 0 Å². The molecule has 4 rings (SSSR count). The molecule has 1 saturated carbocycles. The van der Waals surface area contributed by atoms with E-state index < -0.39 is 47.3 Å². The molecule has 0 radical (unpaired) electrons. The Balaban J connectivity index is 1.92. The number of hydrogen-bond acceptors (Lipinski definition) is 6. The Morgan fingerprint density at radius 2 is 1.85 bits per heavy atom. The smallest absolute Gasteiger partial charge is 0.202 e. The second-order valence-electron chi connectivity index (χ2n) is 9.09. The quantitative estimate of drug-likeness (QED) is 0.481. The van der Waals surface area contributed by atoms with Gasteiger partial charge < -0.3 is 29.9 Å². The Labute approximate surface area is 154 Å². The van der Waals surface area contributed by atoms with Gasteiger partial charge in [-0.2, -0.15) is 0 Å². The van der Waals surface area contributed by atoms with Crippen LogP contribution < -0.4 is 0 Å². The summed E-state index contributed by atoms with van der Waals surface area (Å²) in [6, 6.07) is 0. The minimum atomic E-state index is -1.72. The van der Waals surface area contributed by atoms with E-state index in [0.29, 0.717) is 18.4 Å². The zero-order valence-corrected chi connectivity index (χ0v) is 15.9. The van der Waals surface area contributed by atoms with Crippen molar-refractivity contribution in [3.63, 3.8) is 0 Å². The van der Waals surface area contributed by atoms with E-state index in [9.17, 15) is 20.4 Å². The zero-order chi connectivity index (χ0) is 19.2. The molecule has 4 aliphatic rings. The van der Waals surface area contributed by atoms with Gasteiger partial charge in [-0.1, -0.05) is 26.0 Å². The summed E-state index contributed by atoms with van der Waals surface area (Å²) in [6.45, 7) is 11.7. The zero-order valence-electron chi connectivity index (χ0n) is 15.9. The molecule has 0 spiro atoms.